The van der Waals surface area contributed by atoms with Gasteiger partial charge in [-0.2, -0.15) is 5.26 Å². The number of nitrogens with one attached hydrogen (secondary N) is 1. The van der Waals surface area contributed by atoms with E-state index < -0.39 is 0 Å². The number of para-hydroxylation sites is 1. The topological polar surface area (TPSA) is 39.6 Å². The largest absolute Gasteiger partial charge is 0.349 e. The third-order valence-electron chi connectivity index (χ3n) is 2.81. The van der Waals surface area contributed by atoms with Crippen LogP contribution >= 0.6 is 23.4 Å². The van der Waals surface area contributed by atoms with Gasteiger partial charge in [-0.05, 0) is 24.3 Å². The van der Waals surface area contributed by atoms with Gasteiger partial charge >= 0.3 is 0 Å². The molecule has 92 valence electrons. The minimum Gasteiger partial charge on any atom is -0.349 e. The van der Waals surface area contributed by atoms with Crippen molar-refractivity contribution in [2.24, 2.45) is 0 Å². The first-order valence-corrected chi connectivity index (χ1v) is 6.91. The second-order valence-corrected chi connectivity index (χ2v) is 5.54. The monoisotopic (exact) mass is 284 g/mol. The molecule has 0 atom stereocenters. The minimum atomic E-state index is 0.489. The lowest BCUT2D eigenvalue weighted by Gasteiger charge is -2.03. The molecule has 19 heavy (non-hydrogen) atoms. The number of aromatic nitrogens is 1. The molecular formula is C15H9ClN2S. The maximum atomic E-state index is 9.16. The molecule has 0 bridgehead atoms. The van der Waals surface area contributed by atoms with Gasteiger partial charge in [0.1, 0.15) is 6.07 Å². The Kier molecular flexibility index (Phi) is 3.20. The molecule has 4 heteroatoms. The summed E-state index contributed by atoms with van der Waals surface area (Å²) in [5.41, 5.74) is 1.61. The standard InChI is InChI=1S/C15H9ClN2S/c16-12-5-3-7-14(11(12)9-17)19-15-8-10-4-1-2-6-13(10)18-15/h1-8,18H. The third kappa shape index (κ3) is 2.33. The van der Waals surface area contributed by atoms with Crippen LogP contribution in [0.15, 0.2) is 58.5 Å². The van der Waals surface area contributed by atoms with Gasteiger partial charge in [0.15, 0.2) is 0 Å². The van der Waals surface area contributed by atoms with Crippen LogP contribution < -0.4 is 0 Å². The highest BCUT2D eigenvalue weighted by atomic mass is 35.5. The van der Waals surface area contributed by atoms with Gasteiger partial charge < -0.3 is 4.98 Å². The van der Waals surface area contributed by atoms with Crippen LogP contribution in [0.5, 0.6) is 0 Å². The van der Waals surface area contributed by atoms with Gasteiger partial charge in [0.2, 0.25) is 0 Å². The van der Waals surface area contributed by atoms with Crippen molar-refractivity contribution in [3.63, 3.8) is 0 Å². The second kappa shape index (κ2) is 5.00. The Morgan fingerprint density at radius 3 is 2.74 bits per heavy atom. The highest BCUT2D eigenvalue weighted by Gasteiger charge is 2.09. The van der Waals surface area contributed by atoms with Crippen molar-refractivity contribution in [2.75, 3.05) is 0 Å². The summed E-state index contributed by atoms with van der Waals surface area (Å²) < 4.78 is 0. The van der Waals surface area contributed by atoms with Crippen molar-refractivity contribution in [1.82, 2.24) is 4.98 Å². The van der Waals surface area contributed by atoms with Crippen LogP contribution in [0.3, 0.4) is 0 Å². The van der Waals surface area contributed by atoms with Crippen molar-refractivity contribution in [2.45, 2.75) is 9.92 Å². The Bertz CT molecular complexity index is 753. The number of H-pyrrole nitrogens is 1. The molecule has 2 nitrogen and oxygen atoms in total. The van der Waals surface area contributed by atoms with Gasteiger partial charge in [-0.25, -0.2) is 0 Å². The molecule has 0 spiro atoms. The molecule has 0 saturated carbocycles. The number of halogens is 1. The summed E-state index contributed by atoms with van der Waals surface area (Å²) in [4.78, 5) is 4.19. The molecule has 1 aromatic heterocycles. The number of hydrogen-bond donors (Lipinski definition) is 1. The summed E-state index contributed by atoms with van der Waals surface area (Å²) in [7, 11) is 0. The number of aromatic amines is 1. The zero-order valence-electron chi connectivity index (χ0n) is 9.85. The first-order valence-electron chi connectivity index (χ1n) is 5.72. The van der Waals surface area contributed by atoms with Gasteiger partial charge in [0.25, 0.3) is 0 Å². The van der Waals surface area contributed by atoms with Crippen LogP contribution in [0, 0.1) is 11.3 Å². The molecule has 0 amide bonds. The van der Waals surface area contributed by atoms with E-state index in [4.69, 9.17) is 16.9 Å². The Labute approximate surface area is 120 Å². The van der Waals surface area contributed by atoms with Crippen molar-refractivity contribution < 1.29 is 0 Å². The molecule has 2 aromatic carbocycles. The van der Waals surface area contributed by atoms with Gasteiger partial charge in [-0.1, -0.05) is 47.6 Å². The molecule has 0 radical (unpaired) electrons. The van der Waals surface area contributed by atoms with E-state index in [9.17, 15) is 0 Å². The van der Waals surface area contributed by atoms with Gasteiger partial charge in [-0.15, -0.1) is 0 Å². The fourth-order valence-corrected chi connectivity index (χ4v) is 3.18. The predicted molar refractivity (Wildman–Crippen MR) is 78.6 cm³/mol. The molecule has 3 aromatic rings. The zero-order chi connectivity index (χ0) is 13.2. The van der Waals surface area contributed by atoms with E-state index >= 15 is 0 Å². The Morgan fingerprint density at radius 1 is 1.11 bits per heavy atom. The fourth-order valence-electron chi connectivity index (χ4n) is 1.92. The van der Waals surface area contributed by atoms with E-state index in [1.165, 1.54) is 11.8 Å². The number of nitriles is 1. The van der Waals surface area contributed by atoms with Gasteiger partial charge in [0.05, 0.1) is 15.6 Å². The molecule has 0 fully saturated rings. The second-order valence-electron chi connectivity index (χ2n) is 4.05. The summed E-state index contributed by atoms with van der Waals surface area (Å²) >= 11 is 7.54. The van der Waals surface area contributed by atoms with E-state index in [-0.39, 0.29) is 0 Å². The fraction of sp³-hybridized carbons (Fsp3) is 0. The van der Waals surface area contributed by atoms with E-state index in [1.54, 1.807) is 6.07 Å². The smallest absolute Gasteiger partial charge is 0.102 e. The Morgan fingerprint density at radius 2 is 1.95 bits per heavy atom. The van der Waals surface area contributed by atoms with E-state index in [2.05, 4.69) is 23.2 Å². The normalized spacial score (nSPS) is 10.5. The molecule has 0 aliphatic rings. The van der Waals surface area contributed by atoms with Crippen LogP contribution in [0.2, 0.25) is 5.02 Å². The van der Waals surface area contributed by atoms with Crippen molar-refractivity contribution >= 4 is 34.3 Å². The van der Waals surface area contributed by atoms with Crippen molar-refractivity contribution in [1.29, 1.82) is 5.26 Å². The summed E-state index contributed by atoms with van der Waals surface area (Å²) in [6.45, 7) is 0. The number of nitrogens with zero attached hydrogens (tertiary/aromatic N) is 1. The number of rotatable bonds is 2. The lowest BCUT2D eigenvalue weighted by Crippen LogP contribution is -1.82. The maximum absolute atomic E-state index is 9.16. The van der Waals surface area contributed by atoms with Crippen LogP contribution in [0.1, 0.15) is 5.56 Å². The average molecular weight is 285 g/mol. The lowest BCUT2D eigenvalue weighted by molar-refractivity contribution is 1.23. The summed E-state index contributed by atoms with van der Waals surface area (Å²) in [6, 6.07) is 17.8. The van der Waals surface area contributed by atoms with Crippen molar-refractivity contribution in [3.05, 3.63) is 59.1 Å². The number of fused-ring (bicyclic) bond motifs is 1. The molecule has 1 N–H and O–H groups in total. The number of hydrogen-bond acceptors (Lipinski definition) is 2. The molecule has 0 aliphatic carbocycles. The highest BCUT2D eigenvalue weighted by molar-refractivity contribution is 7.99. The lowest BCUT2D eigenvalue weighted by atomic mass is 10.2. The Balaban J connectivity index is 2.02. The molecular weight excluding hydrogens is 276 g/mol. The van der Waals surface area contributed by atoms with Crippen LogP contribution in [0.25, 0.3) is 10.9 Å². The molecule has 1 heterocycles. The van der Waals surface area contributed by atoms with E-state index in [0.717, 1.165) is 20.8 Å². The number of benzene rings is 2. The zero-order valence-corrected chi connectivity index (χ0v) is 11.4. The molecule has 0 unspecified atom stereocenters. The highest BCUT2D eigenvalue weighted by Crippen LogP contribution is 2.34. The van der Waals surface area contributed by atoms with E-state index in [1.807, 2.05) is 30.3 Å². The minimum absolute atomic E-state index is 0.489. The van der Waals surface area contributed by atoms with Crippen LogP contribution in [-0.2, 0) is 0 Å². The van der Waals surface area contributed by atoms with Gasteiger partial charge in [0, 0.05) is 15.8 Å². The van der Waals surface area contributed by atoms with E-state index in [0.29, 0.717) is 10.6 Å². The van der Waals surface area contributed by atoms with Crippen molar-refractivity contribution in [3.8, 4) is 6.07 Å². The first kappa shape index (κ1) is 12.2. The molecule has 3 rings (SSSR count). The quantitative estimate of drug-likeness (QED) is 0.731. The average Bonchev–Trinajstić information content (AvgIpc) is 2.81. The summed E-state index contributed by atoms with van der Waals surface area (Å²) in [6.07, 6.45) is 0. The Hall–Kier alpha value is -1.89. The molecule has 0 saturated heterocycles. The van der Waals surface area contributed by atoms with Crippen LogP contribution in [-0.4, -0.2) is 4.98 Å². The third-order valence-corrected chi connectivity index (χ3v) is 4.13. The SMILES string of the molecule is N#Cc1c(Cl)cccc1Sc1cc2ccccc2[nH]1. The molecule has 0 aliphatic heterocycles. The first-order chi connectivity index (χ1) is 9.28. The summed E-state index contributed by atoms with van der Waals surface area (Å²) in [5.74, 6) is 0. The summed E-state index contributed by atoms with van der Waals surface area (Å²) in [5, 5.41) is 11.8. The van der Waals surface area contributed by atoms with Crippen LogP contribution in [0.4, 0.5) is 0 Å². The van der Waals surface area contributed by atoms with Gasteiger partial charge in [-0.3, -0.25) is 0 Å². The maximum Gasteiger partial charge on any atom is 0.102 e. The predicted octanol–water partition coefficient (Wildman–Crippen LogP) is 4.84.